The minimum Gasteiger partial charge on any atom is -0.357 e. The fourth-order valence-electron chi connectivity index (χ4n) is 4.13. The Balaban J connectivity index is 1.40. The van der Waals surface area contributed by atoms with Gasteiger partial charge in [-0.25, -0.2) is 18.1 Å². The van der Waals surface area contributed by atoms with Gasteiger partial charge >= 0.3 is 0 Å². The molecule has 8 heteroatoms. The van der Waals surface area contributed by atoms with Gasteiger partial charge in [-0.3, -0.25) is 0 Å². The highest BCUT2D eigenvalue weighted by Crippen LogP contribution is 2.33. The summed E-state index contributed by atoms with van der Waals surface area (Å²) in [5.41, 5.74) is 1.42. The highest BCUT2D eigenvalue weighted by molar-refractivity contribution is 5.70. The van der Waals surface area contributed by atoms with Crippen molar-refractivity contribution in [3.05, 3.63) is 48.6 Å². The van der Waals surface area contributed by atoms with Crippen molar-refractivity contribution >= 4 is 0 Å². The minimum absolute atomic E-state index is 0.146. The number of benzene rings is 1. The van der Waals surface area contributed by atoms with Gasteiger partial charge in [0.15, 0.2) is 11.6 Å². The number of rotatable bonds is 4. The second kappa shape index (κ2) is 8.28. The van der Waals surface area contributed by atoms with Crippen molar-refractivity contribution in [1.82, 2.24) is 19.6 Å². The summed E-state index contributed by atoms with van der Waals surface area (Å²) in [4.78, 5) is 0. The number of ether oxygens (including phenoxy) is 2. The Bertz CT molecular complexity index is 939. The first-order valence-corrected chi connectivity index (χ1v) is 10.5. The number of aromatic nitrogens is 4. The number of nitrogens with zero attached hydrogens (tertiary/aromatic N) is 4. The summed E-state index contributed by atoms with van der Waals surface area (Å²) in [7, 11) is 0. The average molecular weight is 414 g/mol. The fourth-order valence-corrected chi connectivity index (χ4v) is 4.13. The molecule has 2 atom stereocenters. The third-order valence-electron chi connectivity index (χ3n) is 5.81. The van der Waals surface area contributed by atoms with E-state index >= 15 is 0 Å². The van der Waals surface area contributed by atoms with E-state index in [4.69, 9.17) is 9.47 Å². The molecule has 2 aromatic heterocycles. The van der Waals surface area contributed by atoms with Gasteiger partial charge in [-0.2, -0.15) is 10.2 Å². The normalized spacial score (nSPS) is 22.3. The van der Waals surface area contributed by atoms with Crippen LogP contribution in [0.4, 0.5) is 8.78 Å². The standard InChI is InChI=1S/C22H24F2N4O2/c23-21-17(15-11-25-27(13-15)19-5-1-3-9-29-19)7-8-18(22(21)24)16-12-26-28(14-16)20-6-2-4-10-30-20/h7-8,11-14,19-20H,1-6,9-10H2. The van der Waals surface area contributed by atoms with Gasteiger partial charge in [-0.15, -0.1) is 0 Å². The molecular formula is C22H24F2N4O2. The summed E-state index contributed by atoms with van der Waals surface area (Å²) in [6.07, 6.45) is 12.2. The predicted molar refractivity (Wildman–Crippen MR) is 106 cm³/mol. The monoisotopic (exact) mass is 414 g/mol. The van der Waals surface area contributed by atoms with Crippen molar-refractivity contribution < 1.29 is 18.3 Å². The van der Waals surface area contributed by atoms with E-state index < -0.39 is 11.6 Å². The van der Waals surface area contributed by atoms with Crippen LogP contribution >= 0.6 is 0 Å². The van der Waals surface area contributed by atoms with Crippen LogP contribution in [0.25, 0.3) is 22.3 Å². The maximum absolute atomic E-state index is 15.0. The first-order chi connectivity index (χ1) is 14.7. The van der Waals surface area contributed by atoms with Crippen LogP contribution in [0, 0.1) is 11.6 Å². The average Bonchev–Trinajstić information content (AvgIpc) is 3.47. The smallest absolute Gasteiger partial charge is 0.167 e. The molecule has 2 aliphatic heterocycles. The van der Waals surface area contributed by atoms with Gasteiger partial charge in [0.25, 0.3) is 0 Å². The van der Waals surface area contributed by atoms with E-state index in [9.17, 15) is 8.78 Å². The van der Waals surface area contributed by atoms with Crippen LogP contribution in [0.15, 0.2) is 36.9 Å². The lowest BCUT2D eigenvalue weighted by Crippen LogP contribution is -2.18. The first-order valence-electron chi connectivity index (χ1n) is 10.5. The second-order valence-electron chi connectivity index (χ2n) is 7.85. The highest BCUT2D eigenvalue weighted by Gasteiger charge is 2.22. The molecule has 0 N–H and O–H groups in total. The predicted octanol–water partition coefficient (Wildman–Crippen LogP) is 5.09. The van der Waals surface area contributed by atoms with Gasteiger partial charge in [-0.05, 0) is 38.5 Å². The topological polar surface area (TPSA) is 54.1 Å². The molecule has 2 aliphatic rings. The van der Waals surface area contributed by atoms with Crippen molar-refractivity contribution in [2.24, 2.45) is 0 Å². The van der Waals surface area contributed by atoms with Gasteiger partial charge in [0.05, 0.1) is 12.4 Å². The van der Waals surface area contributed by atoms with Crippen molar-refractivity contribution in [3.8, 4) is 22.3 Å². The number of halogens is 2. The van der Waals surface area contributed by atoms with Gasteiger partial charge in [-0.1, -0.05) is 12.1 Å². The zero-order valence-corrected chi connectivity index (χ0v) is 16.6. The quantitative estimate of drug-likeness (QED) is 0.597. The van der Waals surface area contributed by atoms with Crippen molar-refractivity contribution in [2.45, 2.75) is 51.0 Å². The van der Waals surface area contributed by atoms with Gasteiger partial charge in [0.1, 0.15) is 12.5 Å². The summed E-state index contributed by atoms with van der Waals surface area (Å²) < 4.78 is 44.7. The Morgan fingerprint density at radius 1 is 0.733 bits per heavy atom. The zero-order valence-electron chi connectivity index (χ0n) is 16.6. The SMILES string of the molecule is Fc1c(-c2cnn(C3CCCCO3)c2)ccc(-c2cnn(C3CCCCO3)c2)c1F. The van der Waals surface area contributed by atoms with Crippen molar-refractivity contribution in [1.29, 1.82) is 0 Å². The molecule has 1 aromatic carbocycles. The van der Waals surface area contributed by atoms with Crippen molar-refractivity contribution in [3.63, 3.8) is 0 Å². The summed E-state index contributed by atoms with van der Waals surface area (Å²) >= 11 is 0. The van der Waals surface area contributed by atoms with Gasteiger partial charge in [0, 0.05) is 47.9 Å². The third kappa shape index (κ3) is 3.65. The molecule has 4 heterocycles. The Morgan fingerprint density at radius 3 is 1.60 bits per heavy atom. The lowest BCUT2D eigenvalue weighted by Gasteiger charge is -2.22. The maximum Gasteiger partial charge on any atom is 0.167 e. The van der Waals surface area contributed by atoms with E-state index in [0.717, 1.165) is 38.5 Å². The molecule has 0 spiro atoms. The molecule has 0 radical (unpaired) electrons. The maximum atomic E-state index is 15.0. The van der Waals surface area contributed by atoms with Crippen LogP contribution in [0.1, 0.15) is 51.0 Å². The summed E-state index contributed by atoms with van der Waals surface area (Å²) in [5.74, 6) is -1.78. The molecule has 30 heavy (non-hydrogen) atoms. The molecule has 158 valence electrons. The number of hydrogen-bond acceptors (Lipinski definition) is 4. The fraction of sp³-hybridized carbons (Fsp3) is 0.455. The molecular weight excluding hydrogens is 390 g/mol. The lowest BCUT2D eigenvalue weighted by molar-refractivity contribution is -0.0395. The Kier molecular flexibility index (Phi) is 5.35. The molecule has 0 aliphatic carbocycles. The molecule has 0 bridgehead atoms. The molecule has 2 fully saturated rings. The van der Waals surface area contributed by atoms with Gasteiger partial charge in [0.2, 0.25) is 0 Å². The summed E-state index contributed by atoms with van der Waals surface area (Å²) in [6.45, 7) is 1.38. The lowest BCUT2D eigenvalue weighted by atomic mass is 10.0. The van der Waals surface area contributed by atoms with Crippen LogP contribution in [0.3, 0.4) is 0 Å². The van der Waals surface area contributed by atoms with Crippen LogP contribution in [-0.4, -0.2) is 32.8 Å². The van der Waals surface area contributed by atoms with E-state index in [1.165, 1.54) is 0 Å². The van der Waals surface area contributed by atoms with Crippen LogP contribution in [-0.2, 0) is 9.47 Å². The highest BCUT2D eigenvalue weighted by atomic mass is 19.2. The molecule has 0 saturated carbocycles. The van der Waals surface area contributed by atoms with E-state index in [2.05, 4.69) is 10.2 Å². The van der Waals surface area contributed by atoms with Crippen molar-refractivity contribution in [2.75, 3.05) is 13.2 Å². The Hall–Kier alpha value is -2.58. The Morgan fingerprint density at radius 2 is 1.20 bits per heavy atom. The molecule has 2 saturated heterocycles. The van der Waals surface area contributed by atoms with Crippen LogP contribution in [0.2, 0.25) is 0 Å². The third-order valence-corrected chi connectivity index (χ3v) is 5.81. The molecule has 0 amide bonds. The molecule has 2 unspecified atom stereocenters. The molecule has 6 nitrogen and oxygen atoms in total. The first kappa shape index (κ1) is 19.4. The van der Waals surface area contributed by atoms with Crippen LogP contribution < -0.4 is 0 Å². The Labute approximate surface area is 173 Å². The van der Waals surface area contributed by atoms with Gasteiger partial charge < -0.3 is 9.47 Å². The van der Waals surface area contributed by atoms with E-state index in [-0.39, 0.29) is 23.6 Å². The van der Waals surface area contributed by atoms with Crippen LogP contribution in [0.5, 0.6) is 0 Å². The largest absolute Gasteiger partial charge is 0.357 e. The minimum atomic E-state index is -0.890. The zero-order chi connectivity index (χ0) is 20.5. The van der Waals surface area contributed by atoms with E-state index in [0.29, 0.717) is 24.3 Å². The number of hydrogen-bond donors (Lipinski definition) is 0. The summed E-state index contributed by atoms with van der Waals surface area (Å²) in [5, 5.41) is 8.60. The second-order valence-corrected chi connectivity index (χ2v) is 7.85. The van der Waals surface area contributed by atoms with E-state index in [1.807, 2.05) is 0 Å². The summed E-state index contributed by atoms with van der Waals surface area (Å²) in [6, 6.07) is 3.18. The molecule has 3 aromatic rings. The molecule has 5 rings (SSSR count). The van der Waals surface area contributed by atoms with E-state index in [1.54, 1.807) is 46.3 Å².